The SMILES string of the molecule is O=[N+]([O-])c1c(N=Cc2ccccc2)ccc2ccccc12. The van der Waals surface area contributed by atoms with Crippen LogP contribution in [0, 0.1) is 10.1 Å². The number of hydrogen-bond donors (Lipinski definition) is 0. The molecular formula is C17H12N2O2. The number of nitrogens with zero attached hydrogens (tertiary/aromatic N) is 2. The van der Waals surface area contributed by atoms with Crippen LogP contribution >= 0.6 is 0 Å². The summed E-state index contributed by atoms with van der Waals surface area (Å²) in [6, 6.07) is 20.3. The van der Waals surface area contributed by atoms with Gasteiger partial charge in [0.25, 0.3) is 0 Å². The fourth-order valence-corrected chi connectivity index (χ4v) is 2.22. The highest BCUT2D eigenvalue weighted by molar-refractivity contribution is 5.97. The van der Waals surface area contributed by atoms with Crippen molar-refractivity contribution in [2.75, 3.05) is 0 Å². The van der Waals surface area contributed by atoms with Crippen LogP contribution in [0.1, 0.15) is 5.56 Å². The van der Waals surface area contributed by atoms with Gasteiger partial charge in [0.05, 0.1) is 10.3 Å². The van der Waals surface area contributed by atoms with Crippen LogP contribution in [0.2, 0.25) is 0 Å². The molecule has 4 heteroatoms. The Morgan fingerprint density at radius 3 is 2.38 bits per heavy atom. The fraction of sp³-hybridized carbons (Fsp3) is 0. The maximum atomic E-state index is 11.4. The third-order valence-corrected chi connectivity index (χ3v) is 3.21. The fourth-order valence-electron chi connectivity index (χ4n) is 2.22. The number of aliphatic imine (C=N–C) groups is 1. The minimum Gasteiger partial charge on any atom is -0.258 e. The molecule has 0 bridgehead atoms. The Kier molecular flexibility index (Phi) is 3.43. The van der Waals surface area contributed by atoms with E-state index in [-0.39, 0.29) is 10.6 Å². The summed E-state index contributed by atoms with van der Waals surface area (Å²) in [6.45, 7) is 0. The van der Waals surface area contributed by atoms with Crippen molar-refractivity contribution >= 4 is 28.4 Å². The smallest absolute Gasteiger partial charge is 0.258 e. The Morgan fingerprint density at radius 2 is 1.62 bits per heavy atom. The highest BCUT2D eigenvalue weighted by atomic mass is 16.6. The summed E-state index contributed by atoms with van der Waals surface area (Å²) in [5, 5.41) is 12.8. The average Bonchev–Trinajstić information content (AvgIpc) is 2.53. The number of hydrogen-bond acceptors (Lipinski definition) is 3. The average molecular weight is 276 g/mol. The highest BCUT2D eigenvalue weighted by Gasteiger charge is 2.17. The first-order chi connectivity index (χ1) is 10.3. The molecule has 0 radical (unpaired) electrons. The van der Waals surface area contributed by atoms with E-state index in [0.29, 0.717) is 11.1 Å². The Balaban J connectivity index is 2.12. The Bertz CT molecular complexity index is 827. The van der Waals surface area contributed by atoms with Gasteiger partial charge in [-0.15, -0.1) is 0 Å². The zero-order valence-electron chi connectivity index (χ0n) is 11.1. The second kappa shape index (κ2) is 5.54. The van der Waals surface area contributed by atoms with Gasteiger partial charge in [0.1, 0.15) is 5.69 Å². The molecule has 0 unspecified atom stereocenters. The molecule has 3 aromatic carbocycles. The van der Waals surface area contributed by atoms with Gasteiger partial charge in [-0.25, -0.2) is 4.99 Å². The zero-order valence-corrected chi connectivity index (χ0v) is 11.1. The maximum absolute atomic E-state index is 11.4. The van der Waals surface area contributed by atoms with Crippen molar-refractivity contribution in [3.8, 4) is 0 Å². The van der Waals surface area contributed by atoms with Crippen LogP contribution in [-0.4, -0.2) is 11.1 Å². The minimum absolute atomic E-state index is 0.0419. The predicted molar refractivity (Wildman–Crippen MR) is 84.3 cm³/mol. The molecule has 0 spiro atoms. The van der Waals surface area contributed by atoms with Gasteiger partial charge in [0, 0.05) is 6.21 Å². The predicted octanol–water partition coefficient (Wildman–Crippen LogP) is 4.50. The molecule has 3 aromatic rings. The van der Waals surface area contributed by atoms with Crippen molar-refractivity contribution in [1.29, 1.82) is 0 Å². The van der Waals surface area contributed by atoms with Crippen molar-refractivity contribution < 1.29 is 4.92 Å². The first kappa shape index (κ1) is 13.0. The number of rotatable bonds is 3. The second-order valence-corrected chi connectivity index (χ2v) is 4.58. The van der Waals surface area contributed by atoms with Gasteiger partial charge in [0.2, 0.25) is 0 Å². The van der Waals surface area contributed by atoms with Crippen molar-refractivity contribution in [2.45, 2.75) is 0 Å². The molecule has 0 aliphatic carbocycles. The van der Waals surface area contributed by atoms with E-state index in [2.05, 4.69) is 4.99 Å². The first-order valence-corrected chi connectivity index (χ1v) is 6.51. The third-order valence-electron chi connectivity index (χ3n) is 3.21. The molecule has 0 fully saturated rings. The van der Waals surface area contributed by atoms with Crippen molar-refractivity contribution in [2.24, 2.45) is 4.99 Å². The van der Waals surface area contributed by atoms with E-state index < -0.39 is 0 Å². The molecule has 0 heterocycles. The van der Waals surface area contributed by atoms with E-state index in [4.69, 9.17) is 0 Å². The standard InChI is InChI=1S/C17H12N2O2/c20-19(21)17-15-9-5-4-8-14(15)10-11-16(17)18-12-13-6-2-1-3-7-13/h1-12H. The molecule has 0 saturated heterocycles. The van der Waals surface area contributed by atoms with Gasteiger partial charge in [0.15, 0.2) is 0 Å². The van der Waals surface area contributed by atoms with Crippen molar-refractivity contribution in [3.05, 3.63) is 82.4 Å². The summed E-state index contributed by atoms with van der Waals surface area (Å²) in [6.07, 6.45) is 1.64. The molecule has 0 aromatic heterocycles. The molecule has 0 amide bonds. The Labute approximate surface area is 121 Å². The molecule has 0 saturated carbocycles. The summed E-state index contributed by atoms with van der Waals surface area (Å²) in [7, 11) is 0. The van der Waals surface area contributed by atoms with E-state index >= 15 is 0 Å². The lowest BCUT2D eigenvalue weighted by Gasteiger charge is -2.02. The lowest BCUT2D eigenvalue weighted by Crippen LogP contribution is -1.91. The van der Waals surface area contributed by atoms with E-state index in [1.807, 2.05) is 48.5 Å². The molecule has 0 aliphatic heterocycles. The largest absolute Gasteiger partial charge is 0.302 e. The third kappa shape index (κ3) is 2.65. The number of nitro groups is 1. The minimum atomic E-state index is -0.375. The Morgan fingerprint density at radius 1 is 0.905 bits per heavy atom. The Hall–Kier alpha value is -3.01. The van der Waals surface area contributed by atoms with E-state index in [0.717, 1.165) is 10.9 Å². The highest BCUT2D eigenvalue weighted by Crippen LogP contribution is 2.35. The zero-order chi connectivity index (χ0) is 14.7. The second-order valence-electron chi connectivity index (χ2n) is 4.58. The summed E-state index contributed by atoms with van der Waals surface area (Å²) in [5.74, 6) is 0. The molecule has 4 nitrogen and oxygen atoms in total. The number of fused-ring (bicyclic) bond motifs is 1. The van der Waals surface area contributed by atoms with E-state index in [9.17, 15) is 10.1 Å². The molecule has 21 heavy (non-hydrogen) atoms. The molecule has 3 rings (SSSR count). The van der Waals surface area contributed by atoms with Gasteiger partial charge >= 0.3 is 5.69 Å². The summed E-state index contributed by atoms with van der Waals surface area (Å²) in [5.41, 5.74) is 1.31. The lowest BCUT2D eigenvalue weighted by atomic mass is 10.1. The van der Waals surface area contributed by atoms with Gasteiger partial charge in [-0.1, -0.05) is 54.6 Å². The van der Waals surface area contributed by atoms with Crippen molar-refractivity contribution in [1.82, 2.24) is 0 Å². The lowest BCUT2D eigenvalue weighted by molar-refractivity contribution is -0.382. The quantitative estimate of drug-likeness (QED) is 0.402. The van der Waals surface area contributed by atoms with Crippen LogP contribution in [0.5, 0.6) is 0 Å². The summed E-state index contributed by atoms with van der Waals surface area (Å²) >= 11 is 0. The molecular weight excluding hydrogens is 264 g/mol. The first-order valence-electron chi connectivity index (χ1n) is 6.51. The van der Waals surface area contributed by atoms with Crippen LogP contribution < -0.4 is 0 Å². The van der Waals surface area contributed by atoms with Gasteiger partial charge in [-0.2, -0.15) is 0 Å². The monoisotopic (exact) mass is 276 g/mol. The van der Waals surface area contributed by atoms with Crippen LogP contribution in [0.4, 0.5) is 11.4 Å². The number of benzene rings is 3. The van der Waals surface area contributed by atoms with E-state index in [1.165, 1.54) is 0 Å². The molecule has 0 aliphatic rings. The van der Waals surface area contributed by atoms with Gasteiger partial charge in [-0.05, 0) is 23.1 Å². The van der Waals surface area contributed by atoms with Crippen molar-refractivity contribution in [3.63, 3.8) is 0 Å². The van der Waals surface area contributed by atoms with Crippen LogP contribution in [-0.2, 0) is 0 Å². The van der Waals surface area contributed by atoms with Gasteiger partial charge in [-0.3, -0.25) is 10.1 Å². The van der Waals surface area contributed by atoms with Crippen LogP contribution in [0.3, 0.4) is 0 Å². The van der Waals surface area contributed by atoms with Crippen LogP contribution in [0.15, 0.2) is 71.7 Å². The van der Waals surface area contributed by atoms with Gasteiger partial charge < -0.3 is 0 Å². The topological polar surface area (TPSA) is 55.5 Å². The summed E-state index contributed by atoms with van der Waals surface area (Å²) in [4.78, 5) is 15.3. The molecule has 0 atom stereocenters. The molecule has 0 N–H and O–H groups in total. The summed E-state index contributed by atoms with van der Waals surface area (Å²) < 4.78 is 0. The number of nitro benzene ring substituents is 1. The van der Waals surface area contributed by atoms with E-state index in [1.54, 1.807) is 24.4 Å². The van der Waals surface area contributed by atoms with Crippen LogP contribution in [0.25, 0.3) is 10.8 Å². The normalized spacial score (nSPS) is 11.0. The molecule has 102 valence electrons. The maximum Gasteiger partial charge on any atom is 0.302 e.